The number of hydrogen-bond donors (Lipinski definition) is 1. The molecule has 0 unspecified atom stereocenters. The quantitative estimate of drug-likeness (QED) is 0.664. The first-order valence-electron chi connectivity index (χ1n) is 4.88. The van der Waals surface area contributed by atoms with Crippen molar-refractivity contribution < 1.29 is 0 Å². The van der Waals surface area contributed by atoms with E-state index in [0.29, 0.717) is 15.7 Å². The Kier molecular flexibility index (Phi) is 3.51. The molecule has 0 atom stereocenters. The van der Waals surface area contributed by atoms with Crippen LogP contribution in [0.1, 0.15) is 0 Å². The van der Waals surface area contributed by atoms with Gasteiger partial charge in [-0.15, -0.1) is 0 Å². The van der Waals surface area contributed by atoms with Gasteiger partial charge in [0.2, 0.25) is 5.95 Å². The topological polar surface area (TPSA) is 77.0 Å². The van der Waals surface area contributed by atoms with Crippen LogP contribution < -0.4 is 16.5 Å². The van der Waals surface area contributed by atoms with Crippen molar-refractivity contribution in [3.63, 3.8) is 0 Å². The first-order chi connectivity index (χ1) is 8.47. The van der Waals surface area contributed by atoms with E-state index in [4.69, 9.17) is 29.0 Å². The lowest BCUT2D eigenvalue weighted by atomic mass is 10.3. The number of anilines is 1. The van der Waals surface area contributed by atoms with E-state index in [9.17, 15) is 4.79 Å². The van der Waals surface area contributed by atoms with E-state index >= 15 is 0 Å². The van der Waals surface area contributed by atoms with Crippen LogP contribution in [0.5, 0.6) is 0 Å². The predicted molar refractivity (Wildman–Crippen MR) is 70.2 cm³/mol. The van der Waals surface area contributed by atoms with Crippen LogP contribution in [0.4, 0.5) is 5.95 Å². The third-order valence-electron chi connectivity index (χ3n) is 2.13. The molecule has 1 heterocycles. The van der Waals surface area contributed by atoms with Crippen molar-refractivity contribution in [1.82, 2.24) is 14.5 Å². The van der Waals surface area contributed by atoms with E-state index < -0.39 is 5.69 Å². The smallest absolute Gasteiger partial charge is 0.282 e. The van der Waals surface area contributed by atoms with E-state index in [2.05, 4.69) is 9.97 Å². The van der Waals surface area contributed by atoms with Crippen LogP contribution in [-0.4, -0.2) is 21.6 Å². The summed E-state index contributed by atoms with van der Waals surface area (Å²) in [6, 6.07) is 4.74. The van der Waals surface area contributed by atoms with E-state index in [1.165, 1.54) is 17.9 Å². The van der Waals surface area contributed by atoms with Crippen LogP contribution >= 0.6 is 23.2 Å². The molecule has 0 saturated heterocycles. The van der Waals surface area contributed by atoms with Crippen molar-refractivity contribution in [2.75, 3.05) is 12.1 Å². The lowest BCUT2D eigenvalue weighted by Crippen LogP contribution is -2.32. The van der Waals surface area contributed by atoms with Crippen molar-refractivity contribution in [2.24, 2.45) is 5.84 Å². The molecule has 2 rings (SSSR count). The van der Waals surface area contributed by atoms with Crippen LogP contribution in [0.25, 0.3) is 5.69 Å². The van der Waals surface area contributed by atoms with E-state index in [1.807, 2.05) is 0 Å². The fraction of sp³-hybridized carbons (Fsp3) is 0.100. The third-order valence-corrected chi connectivity index (χ3v) is 2.57. The van der Waals surface area contributed by atoms with Gasteiger partial charge in [-0.3, -0.25) is 9.58 Å². The molecule has 2 aromatic rings. The Morgan fingerprint density at radius 3 is 2.39 bits per heavy atom. The van der Waals surface area contributed by atoms with Gasteiger partial charge in [0.15, 0.2) is 0 Å². The highest BCUT2D eigenvalue weighted by atomic mass is 35.5. The Bertz CT molecular complexity index is 620. The molecule has 0 amide bonds. The number of halogens is 2. The van der Waals surface area contributed by atoms with Crippen LogP contribution in [0.3, 0.4) is 0 Å². The number of aromatic nitrogens is 3. The second-order valence-electron chi connectivity index (χ2n) is 3.55. The molecule has 1 aromatic heterocycles. The van der Waals surface area contributed by atoms with Crippen molar-refractivity contribution in [1.29, 1.82) is 0 Å². The summed E-state index contributed by atoms with van der Waals surface area (Å²) in [6.45, 7) is 0. The van der Waals surface area contributed by atoms with Gasteiger partial charge in [-0.25, -0.2) is 15.6 Å². The van der Waals surface area contributed by atoms with E-state index in [1.54, 1.807) is 18.2 Å². The summed E-state index contributed by atoms with van der Waals surface area (Å²) in [5.74, 6) is 5.57. The summed E-state index contributed by atoms with van der Waals surface area (Å²) in [6.07, 6.45) is 1.32. The summed E-state index contributed by atoms with van der Waals surface area (Å²) >= 11 is 11.7. The van der Waals surface area contributed by atoms with Crippen LogP contribution in [0.15, 0.2) is 29.3 Å². The molecule has 0 saturated carbocycles. The molecule has 94 valence electrons. The first kappa shape index (κ1) is 12.8. The minimum Gasteiger partial charge on any atom is -0.282 e. The maximum absolute atomic E-state index is 11.8. The van der Waals surface area contributed by atoms with Gasteiger partial charge >= 0.3 is 5.69 Å². The molecule has 1 aromatic carbocycles. The van der Waals surface area contributed by atoms with Gasteiger partial charge in [0, 0.05) is 17.1 Å². The zero-order chi connectivity index (χ0) is 13.3. The Morgan fingerprint density at radius 1 is 1.28 bits per heavy atom. The monoisotopic (exact) mass is 285 g/mol. The van der Waals surface area contributed by atoms with E-state index in [0.717, 1.165) is 5.01 Å². The molecule has 0 fully saturated rings. The molecule has 0 aliphatic heterocycles. The highest BCUT2D eigenvalue weighted by Gasteiger charge is 2.07. The average molecular weight is 286 g/mol. The SMILES string of the molecule is CN(N)c1ncn(-c2cc(Cl)cc(Cl)c2)c(=O)n1. The lowest BCUT2D eigenvalue weighted by molar-refractivity contribution is 0.819. The summed E-state index contributed by atoms with van der Waals surface area (Å²) in [7, 11) is 1.54. The van der Waals surface area contributed by atoms with Crippen LogP contribution in [0.2, 0.25) is 10.0 Å². The van der Waals surface area contributed by atoms with Crippen LogP contribution in [0, 0.1) is 0 Å². The molecular weight excluding hydrogens is 277 g/mol. The molecule has 2 N–H and O–H groups in total. The van der Waals surface area contributed by atoms with Gasteiger partial charge in [-0.05, 0) is 18.2 Å². The Hall–Kier alpha value is -1.63. The van der Waals surface area contributed by atoms with Gasteiger partial charge in [-0.1, -0.05) is 23.2 Å². The average Bonchev–Trinajstić information content (AvgIpc) is 2.27. The van der Waals surface area contributed by atoms with Gasteiger partial charge in [0.05, 0.1) is 5.69 Å². The zero-order valence-electron chi connectivity index (χ0n) is 9.34. The molecule has 8 heteroatoms. The van der Waals surface area contributed by atoms with Crippen molar-refractivity contribution in [3.05, 3.63) is 45.1 Å². The summed E-state index contributed by atoms with van der Waals surface area (Å²) in [5, 5.41) is 1.99. The molecule has 6 nitrogen and oxygen atoms in total. The van der Waals surface area contributed by atoms with Gasteiger partial charge in [0.1, 0.15) is 6.33 Å². The normalized spacial score (nSPS) is 10.4. The van der Waals surface area contributed by atoms with Gasteiger partial charge < -0.3 is 0 Å². The molecule has 18 heavy (non-hydrogen) atoms. The number of hydrogen-bond acceptors (Lipinski definition) is 5. The summed E-state index contributed by atoms with van der Waals surface area (Å²) < 4.78 is 1.23. The standard InChI is InChI=1S/C10H9Cl2N5O/c1-16(13)9-14-5-17(10(18)15-9)8-3-6(11)2-7(12)4-8/h2-5H,13H2,1H3. The second-order valence-corrected chi connectivity index (χ2v) is 4.42. The van der Waals surface area contributed by atoms with Gasteiger partial charge in [-0.2, -0.15) is 4.98 Å². The zero-order valence-corrected chi connectivity index (χ0v) is 10.9. The molecule has 0 aliphatic rings. The largest absolute Gasteiger partial charge is 0.356 e. The lowest BCUT2D eigenvalue weighted by Gasteiger charge is -2.10. The number of hydrazine groups is 1. The van der Waals surface area contributed by atoms with Crippen molar-refractivity contribution in [3.8, 4) is 5.69 Å². The summed E-state index contributed by atoms with van der Waals surface area (Å²) in [5.41, 5.74) is -0.0284. The molecule has 0 aliphatic carbocycles. The number of rotatable bonds is 2. The fourth-order valence-electron chi connectivity index (χ4n) is 1.35. The highest BCUT2D eigenvalue weighted by Crippen LogP contribution is 2.20. The molecule has 0 bridgehead atoms. The first-order valence-corrected chi connectivity index (χ1v) is 5.63. The molecular formula is C10H9Cl2N5O. The Labute approximate surface area is 113 Å². The van der Waals surface area contributed by atoms with Crippen molar-refractivity contribution >= 4 is 29.2 Å². The summed E-state index contributed by atoms with van der Waals surface area (Å²) in [4.78, 5) is 19.5. The number of nitrogens with zero attached hydrogens (tertiary/aromatic N) is 4. The minimum atomic E-state index is -0.518. The maximum atomic E-state index is 11.8. The number of benzene rings is 1. The molecule has 0 spiro atoms. The van der Waals surface area contributed by atoms with Gasteiger partial charge in [0.25, 0.3) is 0 Å². The fourth-order valence-corrected chi connectivity index (χ4v) is 1.87. The highest BCUT2D eigenvalue weighted by molar-refractivity contribution is 6.34. The maximum Gasteiger partial charge on any atom is 0.356 e. The third kappa shape index (κ3) is 2.61. The number of nitrogens with two attached hydrogens (primary N) is 1. The van der Waals surface area contributed by atoms with E-state index in [-0.39, 0.29) is 5.95 Å². The molecule has 0 radical (unpaired) electrons. The Balaban J connectivity index is 2.54. The van der Waals surface area contributed by atoms with Crippen molar-refractivity contribution in [2.45, 2.75) is 0 Å². The predicted octanol–water partition coefficient (Wildman–Crippen LogP) is 1.24. The minimum absolute atomic E-state index is 0.129. The second kappa shape index (κ2) is 4.93. The Morgan fingerprint density at radius 2 is 1.89 bits per heavy atom. The van der Waals surface area contributed by atoms with Crippen LogP contribution in [-0.2, 0) is 0 Å².